The first-order valence-corrected chi connectivity index (χ1v) is 12.4. The normalized spacial score (nSPS) is 27.0. The standard InChI is InChI=1S/C28H34N4O2/c1-18-12-14-21(15-13-18)16-32-26(33)25-29-23-9-5-6-11-24(23)31(25)17-28(32,4)27(34)30-22-10-7-8-19(2)20(22)3/h5-6,9,11-15,19-20,22H,7-8,10,16-17H2,1-4H3,(H,30,34)/t19-,20-,22+,28+/m0/s1. The van der Waals surface area contributed by atoms with Crippen LogP contribution in [0.4, 0.5) is 0 Å². The quantitative estimate of drug-likeness (QED) is 0.616. The van der Waals surface area contributed by atoms with Crippen molar-refractivity contribution >= 4 is 22.8 Å². The summed E-state index contributed by atoms with van der Waals surface area (Å²) in [6, 6.07) is 16.0. The Labute approximate surface area is 201 Å². The van der Waals surface area contributed by atoms with Crippen LogP contribution >= 0.6 is 0 Å². The van der Waals surface area contributed by atoms with Crippen molar-refractivity contribution < 1.29 is 9.59 Å². The van der Waals surface area contributed by atoms with Gasteiger partial charge in [-0.2, -0.15) is 0 Å². The molecule has 34 heavy (non-hydrogen) atoms. The molecule has 6 nitrogen and oxygen atoms in total. The fourth-order valence-electron chi connectivity index (χ4n) is 5.56. The first kappa shape index (κ1) is 22.6. The van der Waals surface area contributed by atoms with Gasteiger partial charge in [0, 0.05) is 12.6 Å². The van der Waals surface area contributed by atoms with Crippen molar-refractivity contribution in [2.24, 2.45) is 11.8 Å². The number of hydrogen-bond donors (Lipinski definition) is 1. The first-order valence-electron chi connectivity index (χ1n) is 12.4. The minimum Gasteiger partial charge on any atom is -0.351 e. The van der Waals surface area contributed by atoms with Crippen LogP contribution in [0.25, 0.3) is 11.0 Å². The predicted molar refractivity (Wildman–Crippen MR) is 133 cm³/mol. The van der Waals surface area contributed by atoms with E-state index in [1.807, 2.05) is 66.9 Å². The van der Waals surface area contributed by atoms with Crippen LogP contribution in [0.1, 0.15) is 61.8 Å². The van der Waals surface area contributed by atoms with Crippen LogP contribution in [0.2, 0.25) is 0 Å². The monoisotopic (exact) mass is 458 g/mol. The number of benzene rings is 2. The van der Waals surface area contributed by atoms with Crippen LogP contribution in [0.5, 0.6) is 0 Å². The summed E-state index contributed by atoms with van der Waals surface area (Å²) in [5.74, 6) is 1.11. The third kappa shape index (κ3) is 3.79. The van der Waals surface area contributed by atoms with Gasteiger partial charge in [-0.3, -0.25) is 9.59 Å². The number of imidazole rings is 1. The van der Waals surface area contributed by atoms with Gasteiger partial charge in [0.15, 0.2) is 5.82 Å². The van der Waals surface area contributed by atoms with Gasteiger partial charge in [0.25, 0.3) is 5.91 Å². The lowest BCUT2D eigenvalue weighted by molar-refractivity contribution is -0.134. The molecule has 178 valence electrons. The predicted octanol–water partition coefficient (Wildman–Crippen LogP) is 4.70. The number of amides is 2. The zero-order chi connectivity index (χ0) is 24.0. The largest absolute Gasteiger partial charge is 0.351 e. The number of nitrogens with one attached hydrogen (secondary N) is 1. The number of hydrogen-bond acceptors (Lipinski definition) is 3. The van der Waals surface area contributed by atoms with E-state index >= 15 is 0 Å². The van der Waals surface area contributed by atoms with Gasteiger partial charge in [-0.1, -0.05) is 68.7 Å². The molecule has 2 aliphatic rings. The molecule has 1 aliphatic heterocycles. The number of carbonyl (C=O) groups is 2. The molecule has 2 aromatic carbocycles. The van der Waals surface area contributed by atoms with Gasteiger partial charge in [0.2, 0.25) is 5.91 Å². The van der Waals surface area contributed by atoms with Crippen molar-refractivity contribution in [1.29, 1.82) is 0 Å². The summed E-state index contributed by atoms with van der Waals surface area (Å²) in [5, 5.41) is 3.36. The highest BCUT2D eigenvalue weighted by Crippen LogP contribution is 2.34. The maximum absolute atomic E-state index is 14.0. The van der Waals surface area contributed by atoms with Crippen LogP contribution in [0.15, 0.2) is 48.5 Å². The van der Waals surface area contributed by atoms with Crippen LogP contribution < -0.4 is 5.32 Å². The molecule has 2 amide bonds. The minimum atomic E-state index is -1.03. The summed E-state index contributed by atoms with van der Waals surface area (Å²) in [7, 11) is 0. The summed E-state index contributed by atoms with van der Waals surface area (Å²) in [5.41, 5.74) is 2.80. The van der Waals surface area contributed by atoms with E-state index in [0.717, 1.165) is 35.0 Å². The van der Waals surface area contributed by atoms with Crippen molar-refractivity contribution in [2.75, 3.05) is 0 Å². The second kappa shape index (κ2) is 8.57. The average molecular weight is 459 g/mol. The number of fused-ring (bicyclic) bond motifs is 3. The Morgan fingerprint density at radius 3 is 2.62 bits per heavy atom. The molecule has 3 aromatic rings. The molecule has 1 N–H and O–H groups in total. The molecule has 6 heteroatoms. The molecule has 0 unspecified atom stereocenters. The molecule has 4 atom stereocenters. The van der Waals surface area contributed by atoms with E-state index in [0.29, 0.717) is 30.7 Å². The summed E-state index contributed by atoms with van der Waals surface area (Å²) in [6.07, 6.45) is 3.31. The molecule has 1 fully saturated rings. The number of para-hydroxylation sites is 2. The Balaban J connectivity index is 1.54. The summed E-state index contributed by atoms with van der Waals surface area (Å²) < 4.78 is 1.93. The Hall–Kier alpha value is -3.15. The van der Waals surface area contributed by atoms with Crippen LogP contribution in [0.3, 0.4) is 0 Å². The van der Waals surface area contributed by atoms with Gasteiger partial charge in [-0.25, -0.2) is 4.98 Å². The van der Waals surface area contributed by atoms with Gasteiger partial charge >= 0.3 is 0 Å². The Bertz CT molecular complexity index is 1230. The first-order chi connectivity index (χ1) is 16.3. The van der Waals surface area contributed by atoms with E-state index in [1.165, 1.54) is 6.42 Å². The molecule has 5 rings (SSSR count). The Morgan fingerprint density at radius 1 is 1.12 bits per heavy atom. The number of nitrogens with zero attached hydrogens (tertiary/aromatic N) is 3. The van der Waals surface area contributed by atoms with Crippen molar-refractivity contribution in [2.45, 2.75) is 71.6 Å². The zero-order valence-electron chi connectivity index (χ0n) is 20.5. The molecule has 2 heterocycles. The number of rotatable bonds is 4. The van der Waals surface area contributed by atoms with Gasteiger partial charge in [0.05, 0.1) is 17.6 Å². The molecule has 1 saturated carbocycles. The van der Waals surface area contributed by atoms with E-state index in [2.05, 4.69) is 24.1 Å². The second-order valence-corrected chi connectivity index (χ2v) is 10.5. The topological polar surface area (TPSA) is 67.2 Å². The Kier molecular flexibility index (Phi) is 5.70. The smallest absolute Gasteiger partial charge is 0.291 e. The van der Waals surface area contributed by atoms with E-state index in [-0.39, 0.29) is 17.9 Å². The lowest BCUT2D eigenvalue weighted by Crippen LogP contribution is -2.65. The molecule has 1 aliphatic carbocycles. The highest BCUT2D eigenvalue weighted by molar-refractivity contribution is 6.01. The van der Waals surface area contributed by atoms with E-state index in [4.69, 9.17) is 0 Å². The lowest BCUT2D eigenvalue weighted by atomic mass is 9.77. The average Bonchev–Trinajstić information content (AvgIpc) is 3.19. The van der Waals surface area contributed by atoms with Crippen molar-refractivity contribution in [1.82, 2.24) is 19.8 Å². The third-order valence-electron chi connectivity index (χ3n) is 8.13. The van der Waals surface area contributed by atoms with Crippen LogP contribution in [-0.2, 0) is 17.9 Å². The summed E-state index contributed by atoms with van der Waals surface area (Å²) in [6.45, 7) is 9.19. The molecule has 0 saturated heterocycles. The third-order valence-corrected chi connectivity index (χ3v) is 8.13. The van der Waals surface area contributed by atoms with E-state index in [9.17, 15) is 9.59 Å². The molecule has 0 bridgehead atoms. The molecule has 0 spiro atoms. The molecule has 1 aromatic heterocycles. The van der Waals surface area contributed by atoms with Crippen LogP contribution in [-0.4, -0.2) is 37.8 Å². The van der Waals surface area contributed by atoms with E-state index < -0.39 is 5.54 Å². The van der Waals surface area contributed by atoms with E-state index in [1.54, 1.807) is 4.90 Å². The SMILES string of the molecule is Cc1ccc(CN2C(=O)c3nc4ccccc4n3C[C@]2(C)C(=O)N[C@@H]2CCC[C@H](C)[C@@H]2C)cc1. The molecule has 0 radical (unpaired) electrons. The minimum absolute atomic E-state index is 0.0812. The van der Waals surface area contributed by atoms with Crippen molar-refractivity contribution in [3.8, 4) is 0 Å². The number of carbonyl (C=O) groups excluding carboxylic acids is 2. The van der Waals surface area contributed by atoms with Gasteiger partial charge in [0.1, 0.15) is 5.54 Å². The Morgan fingerprint density at radius 2 is 1.85 bits per heavy atom. The van der Waals surface area contributed by atoms with Crippen LogP contribution in [0, 0.1) is 18.8 Å². The maximum Gasteiger partial charge on any atom is 0.291 e. The highest BCUT2D eigenvalue weighted by atomic mass is 16.2. The fraction of sp³-hybridized carbons (Fsp3) is 0.464. The summed E-state index contributed by atoms with van der Waals surface area (Å²) in [4.78, 5) is 34.2. The number of aryl methyl sites for hydroxylation is 1. The highest BCUT2D eigenvalue weighted by Gasteiger charge is 2.49. The van der Waals surface area contributed by atoms with Gasteiger partial charge in [-0.15, -0.1) is 0 Å². The summed E-state index contributed by atoms with van der Waals surface area (Å²) >= 11 is 0. The molecular weight excluding hydrogens is 424 g/mol. The van der Waals surface area contributed by atoms with Crippen molar-refractivity contribution in [3.05, 3.63) is 65.5 Å². The second-order valence-electron chi connectivity index (χ2n) is 10.5. The zero-order valence-corrected chi connectivity index (χ0v) is 20.5. The van der Waals surface area contributed by atoms with Gasteiger partial charge < -0.3 is 14.8 Å². The molecular formula is C28H34N4O2. The maximum atomic E-state index is 14.0. The fourth-order valence-corrected chi connectivity index (χ4v) is 5.56. The van der Waals surface area contributed by atoms with Crippen molar-refractivity contribution in [3.63, 3.8) is 0 Å². The van der Waals surface area contributed by atoms with Gasteiger partial charge in [-0.05, 0) is 49.8 Å². The number of aromatic nitrogens is 2. The lowest BCUT2D eigenvalue weighted by Gasteiger charge is -2.45.